The molecule has 1 aliphatic heterocycles. The van der Waals surface area contributed by atoms with Crippen molar-refractivity contribution in [3.8, 4) is 0 Å². The fourth-order valence-corrected chi connectivity index (χ4v) is 2.31. The van der Waals surface area contributed by atoms with Gasteiger partial charge >= 0.3 is 0 Å². The van der Waals surface area contributed by atoms with Gasteiger partial charge in [-0.15, -0.1) is 0 Å². The zero-order valence-corrected chi connectivity index (χ0v) is 9.78. The molecule has 1 fully saturated rings. The van der Waals surface area contributed by atoms with Crippen LogP contribution in [0.2, 0.25) is 0 Å². The topological polar surface area (TPSA) is 33.1 Å². The van der Waals surface area contributed by atoms with Crippen molar-refractivity contribution in [2.75, 3.05) is 31.1 Å². The van der Waals surface area contributed by atoms with Crippen LogP contribution in [0.4, 0.5) is 10.1 Å². The van der Waals surface area contributed by atoms with Crippen LogP contribution in [0, 0.1) is 5.82 Å². The van der Waals surface area contributed by atoms with Gasteiger partial charge in [-0.3, -0.25) is 4.68 Å². The largest absolute Gasteiger partial charge is 0.367 e. The standard InChI is InChI=1S/C12H15FN4/c1-16-11-7-12(17-4-2-14-3-5-17)10(13)6-9(11)8-15-16/h6-8,14H,2-5H2,1H3. The molecule has 2 heterocycles. The summed E-state index contributed by atoms with van der Waals surface area (Å²) in [4.78, 5) is 2.08. The molecule has 0 aliphatic carbocycles. The molecule has 90 valence electrons. The van der Waals surface area contributed by atoms with E-state index in [4.69, 9.17) is 0 Å². The average Bonchev–Trinajstić information content (AvgIpc) is 2.70. The highest BCUT2D eigenvalue weighted by Gasteiger charge is 2.16. The first-order valence-electron chi connectivity index (χ1n) is 5.82. The fraction of sp³-hybridized carbons (Fsp3) is 0.417. The van der Waals surface area contributed by atoms with Gasteiger partial charge in [0.05, 0.1) is 17.4 Å². The zero-order chi connectivity index (χ0) is 11.8. The Kier molecular flexibility index (Phi) is 2.48. The number of rotatable bonds is 1. The van der Waals surface area contributed by atoms with Gasteiger partial charge in [0.25, 0.3) is 0 Å². The van der Waals surface area contributed by atoms with Gasteiger partial charge in [0.1, 0.15) is 5.82 Å². The van der Waals surface area contributed by atoms with Crippen LogP contribution >= 0.6 is 0 Å². The van der Waals surface area contributed by atoms with E-state index >= 15 is 0 Å². The number of aryl methyl sites for hydroxylation is 1. The van der Waals surface area contributed by atoms with Crippen LogP contribution in [-0.2, 0) is 7.05 Å². The summed E-state index contributed by atoms with van der Waals surface area (Å²) in [5.74, 6) is -0.160. The number of hydrogen-bond donors (Lipinski definition) is 1. The third kappa shape index (κ3) is 1.76. The third-order valence-corrected chi connectivity index (χ3v) is 3.27. The van der Waals surface area contributed by atoms with Crippen LogP contribution in [-0.4, -0.2) is 36.0 Å². The molecule has 0 unspecified atom stereocenters. The summed E-state index contributed by atoms with van der Waals surface area (Å²) in [6.07, 6.45) is 1.69. The smallest absolute Gasteiger partial charge is 0.147 e. The van der Waals surface area contributed by atoms with E-state index in [2.05, 4.69) is 15.3 Å². The van der Waals surface area contributed by atoms with E-state index in [-0.39, 0.29) is 5.82 Å². The molecule has 1 aromatic carbocycles. The molecular weight excluding hydrogens is 219 g/mol. The van der Waals surface area contributed by atoms with Crippen LogP contribution in [0.1, 0.15) is 0 Å². The maximum Gasteiger partial charge on any atom is 0.147 e. The first-order valence-corrected chi connectivity index (χ1v) is 5.82. The average molecular weight is 234 g/mol. The van der Waals surface area contributed by atoms with E-state index in [0.29, 0.717) is 5.69 Å². The molecule has 1 aliphatic rings. The first kappa shape index (κ1) is 10.5. The number of anilines is 1. The van der Waals surface area contributed by atoms with Gasteiger partial charge in [0.15, 0.2) is 0 Å². The molecule has 0 atom stereocenters. The summed E-state index contributed by atoms with van der Waals surface area (Å²) in [6.45, 7) is 3.51. The second-order valence-electron chi connectivity index (χ2n) is 4.37. The van der Waals surface area contributed by atoms with Gasteiger partial charge in [-0.25, -0.2) is 4.39 Å². The number of hydrogen-bond acceptors (Lipinski definition) is 3. The lowest BCUT2D eigenvalue weighted by Gasteiger charge is -2.29. The Balaban J connectivity index is 2.07. The lowest BCUT2D eigenvalue weighted by atomic mass is 10.2. The van der Waals surface area contributed by atoms with Gasteiger partial charge < -0.3 is 10.2 Å². The fourth-order valence-electron chi connectivity index (χ4n) is 2.31. The van der Waals surface area contributed by atoms with Crippen molar-refractivity contribution in [2.24, 2.45) is 7.05 Å². The lowest BCUT2D eigenvalue weighted by Crippen LogP contribution is -2.43. The lowest BCUT2D eigenvalue weighted by molar-refractivity contribution is 0.567. The van der Waals surface area contributed by atoms with Gasteiger partial charge in [-0.05, 0) is 12.1 Å². The summed E-state index contributed by atoms with van der Waals surface area (Å²) >= 11 is 0. The Labute approximate surface area is 99.0 Å². The van der Waals surface area contributed by atoms with Crippen molar-refractivity contribution in [1.82, 2.24) is 15.1 Å². The molecule has 1 saturated heterocycles. The Hall–Kier alpha value is -1.62. The number of fused-ring (bicyclic) bond motifs is 1. The van der Waals surface area contributed by atoms with Crippen molar-refractivity contribution < 1.29 is 4.39 Å². The second kappa shape index (κ2) is 4.00. The summed E-state index contributed by atoms with van der Waals surface area (Å²) in [5, 5.41) is 8.26. The van der Waals surface area contributed by atoms with Gasteiger partial charge in [0, 0.05) is 38.6 Å². The maximum absolute atomic E-state index is 14.0. The number of nitrogens with zero attached hydrogens (tertiary/aromatic N) is 3. The molecule has 4 nitrogen and oxygen atoms in total. The minimum atomic E-state index is -0.160. The summed E-state index contributed by atoms with van der Waals surface area (Å²) in [5.41, 5.74) is 1.66. The summed E-state index contributed by atoms with van der Waals surface area (Å²) < 4.78 is 15.8. The van der Waals surface area contributed by atoms with E-state index in [1.807, 2.05) is 13.1 Å². The molecule has 0 radical (unpaired) electrons. The van der Waals surface area contributed by atoms with Crippen LogP contribution in [0.25, 0.3) is 10.9 Å². The minimum Gasteiger partial charge on any atom is -0.367 e. The van der Waals surface area contributed by atoms with Gasteiger partial charge in [-0.1, -0.05) is 0 Å². The normalized spacial score (nSPS) is 16.7. The van der Waals surface area contributed by atoms with Crippen LogP contribution in [0.5, 0.6) is 0 Å². The highest BCUT2D eigenvalue weighted by Crippen LogP contribution is 2.25. The SMILES string of the molecule is Cn1ncc2cc(F)c(N3CCNCC3)cc21. The Bertz CT molecular complexity index is 543. The van der Waals surface area contributed by atoms with Crippen LogP contribution in [0.3, 0.4) is 0 Å². The van der Waals surface area contributed by atoms with Gasteiger partial charge in [0.2, 0.25) is 0 Å². The number of halogens is 1. The number of nitrogens with one attached hydrogen (secondary N) is 1. The third-order valence-electron chi connectivity index (χ3n) is 3.27. The van der Waals surface area contributed by atoms with Crippen molar-refractivity contribution in [2.45, 2.75) is 0 Å². The molecule has 17 heavy (non-hydrogen) atoms. The van der Waals surface area contributed by atoms with Crippen molar-refractivity contribution >= 4 is 16.6 Å². The first-order chi connectivity index (χ1) is 8.25. The van der Waals surface area contributed by atoms with E-state index < -0.39 is 0 Å². The van der Waals surface area contributed by atoms with Crippen molar-refractivity contribution in [3.63, 3.8) is 0 Å². The number of benzene rings is 1. The molecule has 0 amide bonds. The Morgan fingerprint density at radius 1 is 1.29 bits per heavy atom. The van der Waals surface area contributed by atoms with E-state index in [1.54, 1.807) is 16.9 Å². The molecule has 1 N–H and O–H groups in total. The Morgan fingerprint density at radius 2 is 2.06 bits per heavy atom. The van der Waals surface area contributed by atoms with Gasteiger partial charge in [-0.2, -0.15) is 5.10 Å². The van der Waals surface area contributed by atoms with Crippen molar-refractivity contribution in [1.29, 1.82) is 0 Å². The Morgan fingerprint density at radius 3 is 2.82 bits per heavy atom. The monoisotopic (exact) mass is 234 g/mol. The van der Waals surface area contributed by atoms with E-state index in [1.165, 1.54) is 0 Å². The summed E-state index contributed by atoms with van der Waals surface area (Å²) in [7, 11) is 1.88. The van der Waals surface area contributed by atoms with Crippen LogP contribution < -0.4 is 10.2 Å². The van der Waals surface area contributed by atoms with Crippen LogP contribution in [0.15, 0.2) is 18.3 Å². The minimum absolute atomic E-state index is 0.160. The zero-order valence-electron chi connectivity index (χ0n) is 9.78. The predicted octanol–water partition coefficient (Wildman–Crippen LogP) is 1.12. The molecular formula is C12H15FN4. The van der Waals surface area contributed by atoms with E-state index in [0.717, 1.165) is 37.1 Å². The molecule has 2 aromatic rings. The van der Waals surface area contributed by atoms with Crippen molar-refractivity contribution in [3.05, 3.63) is 24.1 Å². The molecule has 5 heteroatoms. The van der Waals surface area contributed by atoms with E-state index in [9.17, 15) is 4.39 Å². The maximum atomic E-state index is 14.0. The number of aromatic nitrogens is 2. The molecule has 0 spiro atoms. The molecule has 0 bridgehead atoms. The quantitative estimate of drug-likeness (QED) is 0.802. The predicted molar refractivity (Wildman–Crippen MR) is 65.8 cm³/mol. The molecule has 0 saturated carbocycles. The highest BCUT2D eigenvalue weighted by molar-refractivity contribution is 5.82. The molecule has 1 aromatic heterocycles. The molecule has 3 rings (SSSR count). The summed E-state index contributed by atoms with van der Waals surface area (Å²) in [6, 6.07) is 3.46. The number of piperazine rings is 1. The highest BCUT2D eigenvalue weighted by atomic mass is 19.1. The second-order valence-corrected chi connectivity index (χ2v) is 4.37.